The van der Waals surface area contributed by atoms with Crippen molar-refractivity contribution in [2.24, 2.45) is 5.73 Å². The number of amides is 1. The lowest BCUT2D eigenvalue weighted by Gasteiger charge is -2.11. The Kier molecular flexibility index (Phi) is 6.34. The summed E-state index contributed by atoms with van der Waals surface area (Å²) in [6.07, 6.45) is 0. The van der Waals surface area contributed by atoms with Gasteiger partial charge in [0.15, 0.2) is 6.61 Å². The standard InChI is InChI=1S/C12H16N2O5/c13-5-6-18-7-11(15)14-9-3-1-2-4-10(9)19-8-12(16)17/h1-4H,5-8,13H2,(H,14,15)(H,16,17). The molecule has 0 spiro atoms. The van der Waals surface area contributed by atoms with Gasteiger partial charge in [-0.05, 0) is 12.1 Å². The number of hydrogen-bond donors (Lipinski definition) is 3. The smallest absolute Gasteiger partial charge is 0.341 e. The first-order chi connectivity index (χ1) is 9.13. The fourth-order valence-corrected chi connectivity index (χ4v) is 1.27. The lowest BCUT2D eigenvalue weighted by atomic mass is 10.3. The number of para-hydroxylation sites is 2. The van der Waals surface area contributed by atoms with Crippen molar-refractivity contribution >= 4 is 17.6 Å². The molecule has 1 aromatic carbocycles. The average Bonchev–Trinajstić information content (AvgIpc) is 2.38. The largest absolute Gasteiger partial charge is 0.480 e. The third kappa shape index (κ3) is 5.84. The van der Waals surface area contributed by atoms with Crippen LogP contribution >= 0.6 is 0 Å². The second-order valence-corrected chi connectivity index (χ2v) is 3.57. The molecule has 0 aliphatic carbocycles. The monoisotopic (exact) mass is 268 g/mol. The second kappa shape index (κ2) is 8.06. The van der Waals surface area contributed by atoms with Gasteiger partial charge in [-0.2, -0.15) is 0 Å². The summed E-state index contributed by atoms with van der Waals surface area (Å²) in [6, 6.07) is 6.55. The normalized spacial score (nSPS) is 9.95. The zero-order valence-corrected chi connectivity index (χ0v) is 10.3. The number of nitrogens with one attached hydrogen (secondary N) is 1. The predicted molar refractivity (Wildman–Crippen MR) is 68.1 cm³/mol. The predicted octanol–water partition coefficient (Wildman–Crippen LogP) is 0.0638. The van der Waals surface area contributed by atoms with Gasteiger partial charge in [-0.25, -0.2) is 4.79 Å². The molecule has 1 amide bonds. The highest BCUT2D eigenvalue weighted by molar-refractivity contribution is 5.93. The number of rotatable bonds is 8. The topological polar surface area (TPSA) is 111 Å². The molecule has 104 valence electrons. The first kappa shape index (κ1) is 14.9. The van der Waals surface area contributed by atoms with E-state index in [-0.39, 0.29) is 18.3 Å². The van der Waals surface area contributed by atoms with E-state index >= 15 is 0 Å². The molecule has 1 aromatic rings. The van der Waals surface area contributed by atoms with E-state index < -0.39 is 12.6 Å². The first-order valence-corrected chi connectivity index (χ1v) is 5.64. The van der Waals surface area contributed by atoms with E-state index in [1.54, 1.807) is 24.3 Å². The molecule has 7 nitrogen and oxygen atoms in total. The van der Waals surface area contributed by atoms with Crippen molar-refractivity contribution in [1.29, 1.82) is 0 Å². The van der Waals surface area contributed by atoms with E-state index in [9.17, 15) is 9.59 Å². The number of carbonyl (C=O) groups is 2. The number of ether oxygens (including phenoxy) is 2. The fourth-order valence-electron chi connectivity index (χ4n) is 1.27. The summed E-state index contributed by atoms with van der Waals surface area (Å²) in [4.78, 5) is 22.0. The van der Waals surface area contributed by atoms with E-state index in [0.29, 0.717) is 18.8 Å². The van der Waals surface area contributed by atoms with Crippen LogP contribution in [0.3, 0.4) is 0 Å². The van der Waals surface area contributed by atoms with Gasteiger partial charge in [0.25, 0.3) is 0 Å². The van der Waals surface area contributed by atoms with Crippen molar-refractivity contribution in [2.75, 3.05) is 31.7 Å². The van der Waals surface area contributed by atoms with Crippen LogP contribution in [0, 0.1) is 0 Å². The molecule has 0 aliphatic rings. The summed E-state index contributed by atoms with van der Waals surface area (Å²) in [7, 11) is 0. The van der Waals surface area contributed by atoms with Crippen molar-refractivity contribution in [3.8, 4) is 5.75 Å². The Labute approximate surface area is 110 Å². The number of carboxylic acids is 1. The summed E-state index contributed by atoms with van der Waals surface area (Å²) in [5.74, 6) is -1.16. The molecular formula is C12H16N2O5. The van der Waals surface area contributed by atoms with Gasteiger partial charge in [-0.15, -0.1) is 0 Å². The molecule has 0 bridgehead atoms. The minimum Gasteiger partial charge on any atom is -0.480 e. The Balaban J connectivity index is 2.56. The van der Waals surface area contributed by atoms with Gasteiger partial charge in [0.1, 0.15) is 12.4 Å². The molecule has 0 aliphatic heterocycles. The lowest BCUT2D eigenvalue weighted by Crippen LogP contribution is -2.21. The second-order valence-electron chi connectivity index (χ2n) is 3.57. The summed E-state index contributed by atoms with van der Waals surface area (Å²) < 4.78 is 10.0. The van der Waals surface area contributed by atoms with Gasteiger partial charge in [-0.1, -0.05) is 12.1 Å². The van der Waals surface area contributed by atoms with Crippen molar-refractivity contribution in [3.63, 3.8) is 0 Å². The number of aliphatic carboxylic acids is 1. The third-order valence-electron chi connectivity index (χ3n) is 2.01. The molecule has 0 aromatic heterocycles. The Morgan fingerprint density at radius 1 is 1.26 bits per heavy atom. The van der Waals surface area contributed by atoms with Crippen LogP contribution in [0.15, 0.2) is 24.3 Å². The fraction of sp³-hybridized carbons (Fsp3) is 0.333. The lowest BCUT2D eigenvalue weighted by molar-refractivity contribution is -0.139. The van der Waals surface area contributed by atoms with Crippen LogP contribution in [-0.4, -0.2) is 43.3 Å². The zero-order valence-electron chi connectivity index (χ0n) is 10.3. The minimum absolute atomic E-state index is 0.121. The SMILES string of the molecule is NCCOCC(=O)Nc1ccccc1OCC(=O)O. The van der Waals surface area contributed by atoms with Crippen molar-refractivity contribution in [2.45, 2.75) is 0 Å². The zero-order chi connectivity index (χ0) is 14.1. The van der Waals surface area contributed by atoms with Crippen LogP contribution in [0.5, 0.6) is 5.75 Å². The van der Waals surface area contributed by atoms with Gasteiger partial charge in [0.05, 0.1) is 12.3 Å². The van der Waals surface area contributed by atoms with E-state index in [0.717, 1.165) is 0 Å². The van der Waals surface area contributed by atoms with E-state index in [1.807, 2.05) is 0 Å². The van der Waals surface area contributed by atoms with Crippen LogP contribution in [0.2, 0.25) is 0 Å². The number of carboxylic acid groups (broad SMARTS) is 1. The van der Waals surface area contributed by atoms with Gasteiger partial charge in [0, 0.05) is 6.54 Å². The molecule has 0 saturated carbocycles. The van der Waals surface area contributed by atoms with Gasteiger partial charge >= 0.3 is 5.97 Å². The minimum atomic E-state index is -1.09. The molecule has 7 heteroatoms. The molecule has 0 radical (unpaired) electrons. The highest BCUT2D eigenvalue weighted by Crippen LogP contribution is 2.23. The maximum Gasteiger partial charge on any atom is 0.341 e. The van der Waals surface area contributed by atoms with Crippen molar-refractivity contribution < 1.29 is 24.2 Å². The Morgan fingerprint density at radius 2 is 2.00 bits per heavy atom. The Morgan fingerprint density at radius 3 is 2.68 bits per heavy atom. The Hall–Kier alpha value is -2.12. The first-order valence-electron chi connectivity index (χ1n) is 5.64. The van der Waals surface area contributed by atoms with Crippen LogP contribution in [0.1, 0.15) is 0 Å². The maximum absolute atomic E-state index is 11.5. The van der Waals surface area contributed by atoms with E-state index in [4.69, 9.17) is 20.3 Å². The van der Waals surface area contributed by atoms with Gasteiger partial charge in [-0.3, -0.25) is 4.79 Å². The molecule has 4 N–H and O–H groups in total. The number of anilines is 1. The van der Waals surface area contributed by atoms with Crippen LogP contribution < -0.4 is 15.8 Å². The molecule has 1 rings (SSSR count). The number of benzene rings is 1. The quantitative estimate of drug-likeness (QED) is 0.575. The molecular weight excluding hydrogens is 252 g/mol. The maximum atomic E-state index is 11.5. The van der Waals surface area contributed by atoms with Crippen molar-refractivity contribution in [3.05, 3.63) is 24.3 Å². The average molecular weight is 268 g/mol. The van der Waals surface area contributed by atoms with E-state index in [1.165, 1.54) is 0 Å². The molecule has 19 heavy (non-hydrogen) atoms. The molecule has 0 atom stereocenters. The summed E-state index contributed by atoms with van der Waals surface area (Å²) in [5, 5.41) is 11.1. The molecule has 0 saturated heterocycles. The third-order valence-corrected chi connectivity index (χ3v) is 2.01. The highest BCUT2D eigenvalue weighted by atomic mass is 16.5. The summed E-state index contributed by atoms with van der Waals surface area (Å²) in [6.45, 7) is 0.0389. The van der Waals surface area contributed by atoms with Gasteiger partial charge in [0.2, 0.25) is 5.91 Å². The van der Waals surface area contributed by atoms with Crippen LogP contribution in [0.25, 0.3) is 0 Å². The Bertz CT molecular complexity index is 436. The van der Waals surface area contributed by atoms with E-state index in [2.05, 4.69) is 5.32 Å². The molecule has 0 unspecified atom stereocenters. The van der Waals surface area contributed by atoms with Crippen LogP contribution in [-0.2, 0) is 14.3 Å². The van der Waals surface area contributed by atoms with Crippen molar-refractivity contribution in [1.82, 2.24) is 0 Å². The summed E-state index contributed by atoms with van der Waals surface area (Å²) in [5.41, 5.74) is 5.62. The number of hydrogen-bond acceptors (Lipinski definition) is 5. The molecule has 0 fully saturated rings. The number of nitrogens with two attached hydrogens (primary N) is 1. The van der Waals surface area contributed by atoms with Gasteiger partial charge < -0.3 is 25.6 Å². The highest BCUT2D eigenvalue weighted by Gasteiger charge is 2.08. The summed E-state index contributed by atoms with van der Waals surface area (Å²) >= 11 is 0. The number of carbonyl (C=O) groups excluding carboxylic acids is 1. The van der Waals surface area contributed by atoms with Crippen LogP contribution in [0.4, 0.5) is 5.69 Å². The molecule has 0 heterocycles.